The second-order valence-electron chi connectivity index (χ2n) is 3.50. The van der Waals surface area contributed by atoms with Crippen molar-refractivity contribution in [3.05, 3.63) is 23.4 Å². The molecule has 0 fully saturated rings. The number of fused-ring (bicyclic) bond motifs is 1. The van der Waals surface area contributed by atoms with Gasteiger partial charge in [0.15, 0.2) is 5.65 Å². The third-order valence-corrected chi connectivity index (χ3v) is 2.61. The maximum absolute atomic E-state index is 6.04. The van der Waals surface area contributed by atoms with Gasteiger partial charge in [0.25, 0.3) is 0 Å². The van der Waals surface area contributed by atoms with Crippen LogP contribution < -0.4 is 0 Å². The Hall–Kier alpha value is -1.16. The van der Waals surface area contributed by atoms with Gasteiger partial charge in [-0.25, -0.2) is 0 Å². The van der Waals surface area contributed by atoms with Crippen LogP contribution in [0.15, 0.2) is 12.4 Å². The number of hydrogen-bond donors (Lipinski definition) is 0. The minimum Gasteiger partial charge on any atom is -0.266 e. The lowest BCUT2D eigenvalue weighted by Gasteiger charge is -2.00. The molecule has 4 nitrogen and oxygen atoms in total. The van der Waals surface area contributed by atoms with Crippen LogP contribution >= 0.6 is 11.6 Å². The van der Waals surface area contributed by atoms with Crippen LogP contribution in [0.4, 0.5) is 0 Å². The molecule has 0 bridgehead atoms. The summed E-state index contributed by atoms with van der Waals surface area (Å²) in [6.45, 7) is 2.18. The molecule has 0 N–H and O–H groups in total. The van der Waals surface area contributed by atoms with Crippen molar-refractivity contribution >= 4 is 17.2 Å². The van der Waals surface area contributed by atoms with Gasteiger partial charge >= 0.3 is 0 Å². The molecule has 2 aromatic rings. The standard InChI is InChI=1S/C10H13ClN4/c1-2-3-4-5-9-13-14-10-7-12-6-8(11)15(9)10/h6-7H,2-5H2,1H3. The Kier molecular flexibility index (Phi) is 3.16. The highest BCUT2D eigenvalue weighted by Gasteiger charge is 2.07. The Bertz CT molecular complexity index is 452. The third kappa shape index (κ3) is 2.09. The average molecular weight is 225 g/mol. The molecule has 0 aromatic carbocycles. The summed E-state index contributed by atoms with van der Waals surface area (Å²) in [6, 6.07) is 0. The van der Waals surface area contributed by atoms with Crippen molar-refractivity contribution < 1.29 is 0 Å². The molecule has 0 atom stereocenters. The Balaban J connectivity index is 2.27. The Morgan fingerprint density at radius 3 is 2.93 bits per heavy atom. The van der Waals surface area contributed by atoms with Gasteiger partial charge in [-0.15, -0.1) is 10.2 Å². The monoisotopic (exact) mass is 224 g/mol. The normalized spacial score (nSPS) is 11.1. The summed E-state index contributed by atoms with van der Waals surface area (Å²) in [5.41, 5.74) is 0.717. The van der Waals surface area contributed by atoms with E-state index in [1.54, 1.807) is 12.4 Å². The summed E-state index contributed by atoms with van der Waals surface area (Å²) in [5.74, 6) is 0.922. The van der Waals surface area contributed by atoms with Crippen LogP contribution in [0, 0.1) is 0 Å². The van der Waals surface area contributed by atoms with E-state index >= 15 is 0 Å². The first-order chi connectivity index (χ1) is 7.33. The molecule has 0 radical (unpaired) electrons. The van der Waals surface area contributed by atoms with Crippen molar-refractivity contribution in [2.24, 2.45) is 0 Å². The predicted molar refractivity (Wildman–Crippen MR) is 59.0 cm³/mol. The van der Waals surface area contributed by atoms with E-state index in [2.05, 4.69) is 22.1 Å². The van der Waals surface area contributed by atoms with E-state index in [4.69, 9.17) is 11.6 Å². The van der Waals surface area contributed by atoms with Gasteiger partial charge in [-0.2, -0.15) is 0 Å². The summed E-state index contributed by atoms with van der Waals surface area (Å²) < 4.78 is 1.85. The van der Waals surface area contributed by atoms with E-state index in [9.17, 15) is 0 Å². The fraction of sp³-hybridized carbons (Fsp3) is 0.500. The Morgan fingerprint density at radius 1 is 1.27 bits per heavy atom. The van der Waals surface area contributed by atoms with Crippen LogP contribution in [0.2, 0.25) is 5.15 Å². The van der Waals surface area contributed by atoms with Crippen LogP contribution in [0.5, 0.6) is 0 Å². The van der Waals surface area contributed by atoms with Crippen LogP contribution in [-0.4, -0.2) is 19.6 Å². The summed E-state index contributed by atoms with van der Waals surface area (Å²) in [6.07, 6.45) is 7.72. The van der Waals surface area contributed by atoms with Crippen molar-refractivity contribution in [2.75, 3.05) is 0 Å². The van der Waals surface area contributed by atoms with Gasteiger partial charge in [-0.1, -0.05) is 31.4 Å². The van der Waals surface area contributed by atoms with Crippen molar-refractivity contribution in [1.82, 2.24) is 19.6 Å². The van der Waals surface area contributed by atoms with Gasteiger partial charge in [-0.05, 0) is 6.42 Å². The van der Waals surface area contributed by atoms with E-state index < -0.39 is 0 Å². The lowest BCUT2D eigenvalue weighted by molar-refractivity contribution is 0.688. The molecule has 0 aliphatic heterocycles. The molecule has 0 saturated carbocycles. The minimum absolute atomic E-state index is 0.573. The van der Waals surface area contributed by atoms with Crippen LogP contribution in [0.25, 0.3) is 5.65 Å². The molecular weight excluding hydrogens is 212 g/mol. The molecule has 0 amide bonds. The lowest BCUT2D eigenvalue weighted by atomic mass is 10.2. The second-order valence-corrected chi connectivity index (χ2v) is 3.88. The summed E-state index contributed by atoms with van der Waals surface area (Å²) in [7, 11) is 0. The molecule has 2 aromatic heterocycles. The molecule has 2 rings (SSSR count). The molecule has 2 heterocycles. The highest BCUT2D eigenvalue weighted by molar-refractivity contribution is 6.29. The minimum atomic E-state index is 0.573. The van der Waals surface area contributed by atoms with Gasteiger partial charge in [-0.3, -0.25) is 9.38 Å². The molecular formula is C10H13ClN4. The Labute approximate surface area is 93.3 Å². The fourth-order valence-corrected chi connectivity index (χ4v) is 1.81. The first-order valence-corrected chi connectivity index (χ1v) is 5.54. The molecule has 5 heteroatoms. The number of hydrogen-bond acceptors (Lipinski definition) is 3. The van der Waals surface area contributed by atoms with Gasteiger partial charge in [0, 0.05) is 6.42 Å². The zero-order valence-corrected chi connectivity index (χ0v) is 9.41. The topological polar surface area (TPSA) is 43.1 Å². The van der Waals surface area contributed by atoms with Crippen LogP contribution in [-0.2, 0) is 6.42 Å². The van der Waals surface area contributed by atoms with E-state index in [0.717, 1.165) is 18.7 Å². The maximum atomic E-state index is 6.04. The molecule has 0 aliphatic carbocycles. The molecule has 0 aliphatic rings. The van der Waals surface area contributed by atoms with Crippen LogP contribution in [0.1, 0.15) is 32.0 Å². The van der Waals surface area contributed by atoms with Gasteiger partial charge < -0.3 is 0 Å². The number of nitrogens with zero attached hydrogens (tertiary/aromatic N) is 4. The van der Waals surface area contributed by atoms with Gasteiger partial charge in [0.1, 0.15) is 11.0 Å². The number of unbranched alkanes of at least 4 members (excludes halogenated alkanes) is 2. The van der Waals surface area contributed by atoms with Crippen molar-refractivity contribution in [3.63, 3.8) is 0 Å². The predicted octanol–water partition coefficient (Wildman–Crippen LogP) is 2.51. The zero-order valence-electron chi connectivity index (χ0n) is 8.65. The van der Waals surface area contributed by atoms with E-state index in [0.29, 0.717) is 10.8 Å². The van der Waals surface area contributed by atoms with Gasteiger partial charge in [0.2, 0.25) is 0 Å². The first kappa shape index (κ1) is 10.4. The quantitative estimate of drug-likeness (QED) is 0.750. The Morgan fingerprint density at radius 2 is 2.13 bits per heavy atom. The number of aromatic nitrogens is 4. The van der Waals surface area contributed by atoms with Crippen molar-refractivity contribution in [1.29, 1.82) is 0 Å². The molecule has 15 heavy (non-hydrogen) atoms. The second kappa shape index (κ2) is 4.57. The summed E-state index contributed by atoms with van der Waals surface area (Å²) in [5, 5.41) is 8.71. The highest BCUT2D eigenvalue weighted by atomic mass is 35.5. The zero-order chi connectivity index (χ0) is 10.7. The summed E-state index contributed by atoms with van der Waals surface area (Å²) >= 11 is 6.04. The third-order valence-electron chi connectivity index (χ3n) is 2.34. The van der Waals surface area contributed by atoms with E-state index in [1.165, 1.54) is 12.8 Å². The SMILES string of the molecule is CCCCCc1nnc2cncc(Cl)n12. The molecule has 0 unspecified atom stereocenters. The fourth-order valence-electron chi connectivity index (χ4n) is 1.56. The van der Waals surface area contributed by atoms with E-state index in [-0.39, 0.29) is 0 Å². The molecule has 0 spiro atoms. The number of rotatable bonds is 4. The largest absolute Gasteiger partial charge is 0.266 e. The number of halogens is 1. The average Bonchev–Trinajstić information content (AvgIpc) is 2.63. The maximum Gasteiger partial charge on any atom is 0.180 e. The number of aryl methyl sites for hydroxylation is 1. The highest BCUT2D eigenvalue weighted by Crippen LogP contribution is 2.13. The first-order valence-electron chi connectivity index (χ1n) is 5.16. The van der Waals surface area contributed by atoms with Crippen LogP contribution in [0.3, 0.4) is 0 Å². The van der Waals surface area contributed by atoms with Crippen molar-refractivity contribution in [2.45, 2.75) is 32.6 Å². The summed E-state index contributed by atoms with van der Waals surface area (Å²) in [4.78, 5) is 3.97. The molecule has 80 valence electrons. The lowest BCUT2D eigenvalue weighted by Crippen LogP contribution is -1.96. The van der Waals surface area contributed by atoms with Gasteiger partial charge in [0.05, 0.1) is 12.4 Å². The smallest absolute Gasteiger partial charge is 0.180 e. The van der Waals surface area contributed by atoms with Crippen molar-refractivity contribution in [3.8, 4) is 0 Å². The molecule has 0 saturated heterocycles. The van der Waals surface area contributed by atoms with E-state index in [1.807, 2.05) is 4.40 Å².